The number of rotatable bonds is 2. The van der Waals surface area contributed by atoms with Crippen molar-refractivity contribution in [1.82, 2.24) is 9.78 Å². The Morgan fingerprint density at radius 3 is 2.35 bits per heavy atom. The van der Waals surface area contributed by atoms with Gasteiger partial charge >= 0.3 is 0 Å². The molecule has 1 aliphatic rings. The average Bonchev–Trinajstić information content (AvgIpc) is 2.54. The molecule has 0 spiro atoms. The van der Waals surface area contributed by atoms with Crippen LogP contribution in [0, 0.1) is 0 Å². The molecule has 0 aliphatic heterocycles. The molecule has 3 nitrogen and oxygen atoms in total. The molecule has 1 saturated carbocycles. The van der Waals surface area contributed by atoms with Crippen LogP contribution in [0.25, 0.3) is 0 Å². The predicted octanol–water partition coefficient (Wildman–Crippen LogP) is 3.39. The highest BCUT2D eigenvalue weighted by Crippen LogP contribution is 2.33. The second-order valence-electron chi connectivity index (χ2n) is 5.27. The van der Waals surface area contributed by atoms with E-state index in [0.717, 1.165) is 12.2 Å². The molecular formula is C14H25N3. The van der Waals surface area contributed by atoms with Crippen molar-refractivity contribution < 1.29 is 0 Å². The molecule has 1 aliphatic carbocycles. The van der Waals surface area contributed by atoms with Gasteiger partial charge in [-0.2, -0.15) is 5.10 Å². The van der Waals surface area contributed by atoms with Gasteiger partial charge in [0.25, 0.3) is 0 Å². The lowest BCUT2D eigenvalue weighted by atomic mass is 9.87. The van der Waals surface area contributed by atoms with Crippen molar-refractivity contribution in [3.8, 4) is 0 Å². The van der Waals surface area contributed by atoms with Gasteiger partial charge < -0.3 is 5.73 Å². The van der Waals surface area contributed by atoms with Gasteiger partial charge in [-0.15, -0.1) is 0 Å². The molecule has 1 fully saturated rings. The summed E-state index contributed by atoms with van der Waals surface area (Å²) in [6.07, 6.45) is 10.5. The minimum Gasteiger partial charge on any atom is -0.384 e. The van der Waals surface area contributed by atoms with E-state index >= 15 is 0 Å². The zero-order chi connectivity index (χ0) is 12.3. The molecular weight excluding hydrogens is 210 g/mol. The number of hydrogen-bond acceptors (Lipinski definition) is 2. The Balaban J connectivity index is 2.21. The molecule has 2 N–H and O–H groups in total. The molecule has 0 amide bonds. The Kier molecular flexibility index (Phi) is 4.08. The summed E-state index contributed by atoms with van der Waals surface area (Å²) in [5.41, 5.74) is 8.67. The molecule has 0 bridgehead atoms. The van der Waals surface area contributed by atoms with E-state index in [1.807, 2.05) is 11.7 Å². The van der Waals surface area contributed by atoms with Crippen molar-refractivity contribution in [1.29, 1.82) is 0 Å². The fourth-order valence-electron chi connectivity index (χ4n) is 3.02. The fraction of sp³-hybridized carbons (Fsp3) is 0.786. The summed E-state index contributed by atoms with van der Waals surface area (Å²) in [7, 11) is 1.96. The van der Waals surface area contributed by atoms with Crippen molar-refractivity contribution in [2.45, 2.75) is 64.2 Å². The first-order valence-electron chi connectivity index (χ1n) is 7.05. The maximum absolute atomic E-state index is 6.09. The van der Waals surface area contributed by atoms with Crippen LogP contribution in [0.5, 0.6) is 0 Å². The van der Waals surface area contributed by atoms with Crippen molar-refractivity contribution in [2.24, 2.45) is 7.05 Å². The van der Waals surface area contributed by atoms with Crippen LogP contribution in [-0.4, -0.2) is 9.78 Å². The van der Waals surface area contributed by atoms with Gasteiger partial charge in [0.05, 0.1) is 5.69 Å². The van der Waals surface area contributed by atoms with Crippen LogP contribution in [-0.2, 0) is 13.5 Å². The SMILES string of the molecule is CCc1c(C2CCCCCCC2)nn(C)c1N. The van der Waals surface area contributed by atoms with Crippen molar-refractivity contribution in [3.63, 3.8) is 0 Å². The minimum absolute atomic E-state index is 0.647. The van der Waals surface area contributed by atoms with Crippen LogP contribution in [0.1, 0.15) is 69.0 Å². The van der Waals surface area contributed by atoms with Crippen LogP contribution in [0.15, 0.2) is 0 Å². The third kappa shape index (κ3) is 2.64. The maximum atomic E-state index is 6.09. The molecule has 0 saturated heterocycles. The molecule has 0 unspecified atom stereocenters. The van der Waals surface area contributed by atoms with Gasteiger partial charge in [0, 0.05) is 18.5 Å². The molecule has 1 heterocycles. The summed E-state index contributed by atoms with van der Waals surface area (Å²) in [5.74, 6) is 1.51. The summed E-state index contributed by atoms with van der Waals surface area (Å²) < 4.78 is 1.85. The molecule has 1 aromatic rings. The van der Waals surface area contributed by atoms with Gasteiger partial charge in [0.2, 0.25) is 0 Å². The summed E-state index contributed by atoms with van der Waals surface area (Å²) >= 11 is 0. The second kappa shape index (κ2) is 5.56. The van der Waals surface area contributed by atoms with Crippen LogP contribution in [0.3, 0.4) is 0 Å². The molecule has 1 aromatic heterocycles. The maximum Gasteiger partial charge on any atom is 0.124 e. The largest absolute Gasteiger partial charge is 0.384 e. The molecule has 96 valence electrons. The van der Waals surface area contributed by atoms with Gasteiger partial charge in [-0.3, -0.25) is 4.68 Å². The van der Waals surface area contributed by atoms with E-state index in [0.29, 0.717) is 5.92 Å². The van der Waals surface area contributed by atoms with Crippen LogP contribution in [0.2, 0.25) is 0 Å². The highest BCUT2D eigenvalue weighted by Gasteiger charge is 2.21. The van der Waals surface area contributed by atoms with Crippen LogP contribution >= 0.6 is 0 Å². The smallest absolute Gasteiger partial charge is 0.124 e. The zero-order valence-electron chi connectivity index (χ0n) is 11.2. The third-order valence-corrected chi connectivity index (χ3v) is 4.07. The molecule has 0 atom stereocenters. The van der Waals surface area contributed by atoms with E-state index in [1.54, 1.807) is 0 Å². The molecule has 0 radical (unpaired) electrons. The van der Waals surface area contributed by atoms with Gasteiger partial charge in [0.15, 0.2) is 0 Å². The summed E-state index contributed by atoms with van der Waals surface area (Å²) in [6.45, 7) is 2.18. The first-order chi connectivity index (χ1) is 8.24. The molecule has 0 aromatic carbocycles. The van der Waals surface area contributed by atoms with Crippen LogP contribution < -0.4 is 5.73 Å². The van der Waals surface area contributed by atoms with Crippen molar-refractivity contribution in [3.05, 3.63) is 11.3 Å². The fourth-order valence-corrected chi connectivity index (χ4v) is 3.02. The first-order valence-corrected chi connectivity index (χ1v) is 7.05. The number of nitrogens with zero attached hydrogens (tertiary/aromatic N) is 2. The van der Waals surface area contributed by atoms with Gasteiger partial charge in [-0.25, -0.2) is 0 Å². The van der Waals surface area contributed by atoms with Crippen molar-refractivity contribution in [2.75, 3.05) is 5.73 Å². The van der Waals surface area contributed by atoms with E-state index < -0.39 is 0 Å². The minimum atomic E-state index is 0.647. The lowest BCUT2D eigenvalue weighted by Gasteiger charge is -2.18. The third-order valence-electron chi connectivity index (χ3n) is 4.07. The Morgan fingerprint density at radius 2 is 1.76 bits per heavy atom. The molecule has 3 heteroatoms. The number of nitrogens with two attached hydrogens (primary N) is 1. The topological polar surface area (TPSA) is 43.8 Å². The Morgan fingerprint density at radius 1 is 1.18 bits per heavy atom. The van der Waals surface area contributed by atoms with E-state index in [4.69, 9.17) is 5.73 Å². The Bertz CT molecular complexity index is 360. The Hall–Kier alpha value is -0.990. The zero-order valence-corrected chi connectivity index (χ0v) is 11.2. The van der Waals surface area contributed by atoms with E-state index in [9.17, 15) is 0 Å². The summed E-state index contributed by atoms with van der Waals surface area (Å²) in [4.78, 5) is 0. The average molecular weight is 235 g/mol. The monoisotopic (exact) mass is 235 g/mol. The highest BCUT2D eigenvalue weighted by molar-refractivity contribution is 5.44. The first kappa shape index (κ1) is 12.5. The Labute approximate surface area is 104 Å². The lowest BCUT2D eigenvalue weighted by molar-refractivity contribution is 0.445. The number of aromatic nitrogens is 2. The molecule has 17 heavy (non-hydrogen) atoms. The van der Waals surface area contributed by atoms with E-state index in [1.165, 1.54) is 56.2 Å². The molecule has 2 rings (SSSR count). The summed E-state index contributed by atoms with van der Waals surface area (Å²) in [6, 6.07) is 0. The van der Waals surface area contributed by atoms with Crippen LogP contribution in [0.4, 0.5) is 5.82 Å². The second-order valence-corrected chi connectivity index (χ2v) is 5.27. The van der Waals surface area contributed by atoms with Gasteiger partial charge in [0.1, 0.15) is 5.82 Å². The van der Waals surface area contributed by atoms with Gasteiger partial charge in [-0.1, -0.05) is 39.0 Å². The van der Waals surface area contributed by atoms with Crippen molar-refractivity contribution >= 4 is 5.82 Å². The number of aryl methyl sites for hydroxylation is 1. The normalized spacial score (nSPS) is 18.9. The quantitative estimate of drug-likeness (QED) is 0.854. The summed E-state index contributed by atoms with van der Waals surface area (Å²) in [5, 5.41) is 4.67. The predicted molar refractivity (Wildman–Crippen MR) is 72.1 cm³/mol. The lowest BCUT2D eigenvalue weighted by Crippen LogP contribution is -2.05. The van der Waals surface area contributed by atoms with Gasteiger partial charge in [-0.05, 0) is 19.3 Å². The van der Waals surface area contributed by atoms with E-state index in [2.05, 4.69) is 12.0 Å². The number of anilines is 1. The highest BCUT2D eigenvalue weighted by atomic mass is 15.3. The standard InChI is InChI=1S/C14H25N3/c1-3-12-13(16-17(2)14(12)15)11-9-7-5-4-6-8-10-11/h11H,3-10,15H2,1-2H3. The number of nitrogen functional groups attached to an aromatic ring is 1. The number of hydrogen-bond donors (Lipinski definition) is 1. The van der Waals surface area contributed by atoms with E-state index in [-0.39, 0.29) is 0 Å².